The number of amides is 1. The molecule has 0 saturated heterocycles. The van der Waals surface area contributed by atoms with Crippen LogP contribution in [0.15, 0.2) is 61.3 Å². The van der Waals surface area contributed by atoms with Crippen molar-refractivity contribution in [1.82, 2.24) is 14.9 Å². The molecule has 2 aromatic carbocycles. The Bertz CT molecular complexity index is 1320. The number of hydrogen-bond acceptors (Lipinski definition) is 10. The van der Waals surface area contributed by atoms with Gasteiger partial charge in [-0.05, 0) is 44.4 Å². The maximum Gasteiger partial charge on any atom is 0.247 e. The molecule has 2 heterocycles. The third-order valence-electron chi connectivity index (χ3n) is 6.29. The maximum absolute atomic E-state index is 12.2. The Morgan fingerprint density at radius 3 is 2.58 bits per heavy atom. The number of anilines is 7. The minimum Gasteiger partial charge on any atom is -0.494 e. The minimum atomic E-state index is -0.914. The van der Waals surface area contributed by atoms with Crippen LogP contribution in [0, 0.1) is 0 Å². The third kappa shape index (κ3) is 5.48. The molecule has 1 aliphatic rings. The van der Waals surface area contributed by atoms with Crippen molar-refractivity contribution in [1.29, 1.82) is 0 Å². The van der Waals surface area contributed by atoms with E-state index in [1.165, 1.54) is 6.08 Å². The van der Waals surface area contributed by atoms with Gasteiger partial charge in [0.15, 0.2) is 0 Å². The second-order valence-corrected chi connectivity index (χ2v) is 9.17. The van der Waals surface area contributed by atoms with E-state index < -0.39 is 6.35 Å². The number of hydrogen-bond donors (Lipinski definition) is 3. The maximum atomic E-state index is 12.2. The number of aliphatic hydroxyl groups is 1. The van der Waals surface area contributed by atoms with E-state index in [1.807, 2.05) is 63.4 Å². The fourth-order valence-corrected chi connectivity index (χ4v) is 4.20. The number of aliphatic hydroxyl groups excluding tert-OH is 1. The van der Waals surface area contributed by atoms with Gasteiger partial charge >= 0.3 is 0 Å². The van der Waals surface area contributed by atoms with E-state index in [9.17, 15) is 9.90 Å². The molecule has 3 aromatic rings. The lowest BCUT2D eigenvalue weighted by molar-refractivity contribution is -0.111. The average Bonchev–Trinajstić information content (AvgIpc) is 3.17. The predicted molar refractivity (Wildman–Crippen MR) is 152 cm³/mol. The molecule has 200 valence electrons. The molecule has 1 amide bonds. The molecule has 0 radical (unpaired) electrons. The van der Waals surface area contributed by atoms with E-state index in [2.05, 4.69) is 32.1 Å². The van der Waals surface area contributed by atoms with Crippen LogP contribution in [0.5, 0.6) is 5.75 Å². The second kappa shape index (κ2) is 11.4. The molecule has 3 N–H and O–H groups in total. The van der Waals surface area contributed by atoms with Gasteiger partial charge in [0, 0.05) is 39.4 Å². The van der Waals surface area contributed by atoms with Gasteiger partial charge < -0.3 is 35.2 Å². The highest BCUT2D eigenvalue weighted by molar-refractivity contribution is 6.02. The molecule has 38 heavy (non-hydrogen) atoms. The number of benzene rings is 2. The first-order valence-electron chi connectivity index (χ1n) is 12.1. The Labute approximate surface area is 223 Å². The summed E-state index contributed by atoms with van der Waals surface area (Å²) in [5.41, 5.74) is 3.67. The van der Waals surface area contributed by atoms with Gasteiger partial charge in [0.05, 0.1) is 35.5 Å². The van der Waals surface area contributed by atoms with Crippen LogP contribution in [0.3, 0.4) is 0 Å². The van der Waals surface area contributed by atoms with Crippen molar-refractivity contribution in [3.63, 3.8) is 0 Å². The standard InChI is InChI=1S/C27H34N8O3/c1-7-25(36)29-18-16-19(23(38-6)17-22(18)33(4)15-14-32(2)3)30-26-28-13-12-24(31-26)35-21-11-9-8-10-20(21)34(5)27(35)37/h7-13,16-17,27,37H,1,14-15H2,2-6H3,(H,29,36)(H,28,30,31). The van der Waals surface area contributed by atoms with E-state index in [4.69, 9.17) is 4.74 Å². The quantitative estimate of drug-likeness (QED) is 0.346. The van der Waals surface area contributed by atoms with Crippen LogP contribution in [-0.2, 0) is 4.79 Å². The number of carbonyl (C=O) groups excluding carboxylic acids is 1. The van der Waals surface area contributed by atoms with Crippen molar-refractivity contribution < 1.29 is 14.6 Å². The van der Waals surface area contributed by atoms with Gasteiger partial charge in [-0.25, -0.2) is 4.98 Å². The zero-order chi connectivity index (χ0) is 27.4. The second-order valence-electron chi connectivity index (χ2n) is 9.17. The summed E-state index contributed by atoms with van der Waals surface area (Å²) in [5.74, 6) is 1.04. The van der Waals surface area contributed by atoms with Crippen LogP contribution < -0.4 is 30.1 Å². The summed E-state index contributed by atoms with van der Waals surface area (Å²) in [6.07, 6.45) is 1.93. The first kappa shape index (κ1) is 26.7. The summed E-state index contributed by atoms with van der Waals surface area (Å²) in [6.45, 7) is 5.13. The minimum absolute atomic E-state index is 0.301. The van der Waals surface area contributed by atoms with Gasteiger partial charge in [0.25, 0.3) is 0 Å². The summed E-state index contributed by atoms with van der Waals surface area (Å²) in [6, 6.07) is 13.1. The van der Waals surface area contributed by atoms with Crippen molar-refractivity contribution >= 4 is 46.1 Å². The van der Waals surface area contributed by atoms with Gasteiger partial charge in [-0.3, -0.25) is 9.69 Å². The molecular weight excluding hydrogens is 484 g/mol. The zero-order valence-corrected chi connectivity index (χ0v) is 22.3. The number of nitrogens with one attached hydrogen (secondary N) is 2. The molecule has 0 saturated carbocycles. The number of ether oxygens (including phenoxy) is 1. The topological polar surface area (TPSA) is 109 Å². The number of carbonyl (C=O) groups is 1. The lowest BCUT2D eigenvalue weighted by Gasteiger charge is -2.26. The molecule has 0 spiro atoms. The van der Waals surface area contributed by atoms with Crippen molar-refractivity contribution in [2.75, 3.05) is 73.7 Å². The summed E-state index contributed by atoms with van der Waals surface area (Å²) in [4.78, 5) is 28.9. The van der Waals surface area contributed by atoms with E-state index in [0.29, 0.717) is 28.9 Å². The van der Waals surface area contributed by atoms with Gasteiger partial charge in [0.2, 0.25) is 18.2 Å². The van der Waals surface area contributed by atoms with Crippen LogP contribution >= 0.6 is 0 Å². The first-order valence-corrected chi connectivity index (χ1v) is 12.1. The number of methoxy groups -OCH3 is 1. The lowest BCUT2D eigenvalue weighted by Crippen LogP contribution is -2.38. The summed E-state index contributed by atoms with van der Waals surface area (Å²) >= 11 is 0. The Morgan fingerprint density at radius 2 is 1.89 bits per heavy atom. The van der Waals surface area contributed by atoms with Crippen LogP contribution in [0.4, 0.5) is 40.2 Å². The molecule has 4 rings (SSSR count). The third-order valence-corrected chi connectivity index (χ3v) is 6.29. The van der Waals surface area contributed by atoms with E-state index in [0.717, 1.165) is 30.2 Å². The summed E-state index contributed by atoms with van der Waals surface area (Å²) in [7, 11) is 9.38. The number of rotatable bonds is 10. The number of likely N-dealkylation sites (N-methyl/N-ethyl adjacent to an activating group) is 2. The van der Waals surface area contributed by atoms with Gasteiger partial charge in [-0.2, -0.15) is 4.98 Å². The number of fused-ring (bicyclic) bond motifs is 1. The van der Waals surface area contributed by atoms with E-state index in [-0.39, 0.29) is 5.91 Å². The van der Waals surface area contributed by atoms with E-state index in [1.54, 1.807) is 35.2 Å². The average molecular weight is 519 g/mol. The Morgan fingerprint density at radius 1 is 1.16 bits per heavy atom. The molecule has 11 heteroatoms. The lowest BCUT2D eigenvalue weighted by atomic mass is 10.2. The zero-order valence-electron chi connectivity index (χ0n) is 22.3. The SMILES string of the molecule is C=CC(=O)Nc1cc(Nc2nccc(N3c4ccccc4N(C)C3O)n2)c(OC)cc1N(C)CCN(C)C. The van der Waals surface area contributed by atoms with Crippen molar-refractivity contribution in [3.8, 4) is 5.75 Å². The molecule has 1 unspecified atom stereocenters. The highest BCUT2D eigenvalue weighted by Crippen LogP contribution is 2.42. The highest BCUT2D eigenvalue weighted by atomic mass is 16.5. The molecule has 1 aromatic heterocycles. The fraction of sp³-hybridized carbons (Fsp3) is 0.296. The summed E-state index contributed by atoms with van der Waals surface area (Å²) < 4.78 is 5.68. The van der Waals surface area contributed by atoms with Crippen molar-refractivity contribution in [2.45, 2.75) is 6.35 Å². The van der Waals surface area contributed by atoms with Gasteiger partial charge in [-0.1, -0.05) is 18.7 Å². The monoisotopic (exact) mass is 518 g/mol. The van der Waals surface area contributed by atoms with E-state index >= 15 is 0 Å². The Kier molecular flexibility index (Phi) is 7.99. The Hall–Kier alpha value is -4.35. The van der Waals surface area contributed by atoms with Crippen LogP contribution in [0.1, 0.15) is 0 Å². The van der Waals surface area contributed by atoms with Gasteiger partial charge in [0.1, 0.15) is 11.6 Å². The molecule has 0 bridgehead atoms. The molecule has 0 fully saturated rings. The smallest absolute Gasteiger partial charge is 0.247 e. The van der Waals surface area contributed by atoms with Crippen LogP contribution in [-0.4, -0.2) is 80.6 Å². The van der Waals surface area contributed by atoms with Crippen molar-refractivity contribution in [2.24, 2.45) is 0 Å². The number of aromatic nitrogens is 2. The molecular formula is C27H34N8O3. The van der Waals surface area contributed by atoms with Crippen LogP contribution in [0.25, 0.3) is 0 Å². The summed E-state index contributed by atoms with van der Waals surface area (Å²) in [5, 5.41) is 17.0. The first-order chi connectivity index (χ1) is 18.2. The van der Waals surface area contributed by atoms with Gasteiger partial charge in [-0.15, -0.1) is 0 Å². The van der Waals surface area contributed by atoms with Crippen molar-refractivity contribution in [3.05, 3.63) is 61.3 Å². The normalized spacial score (nSPS) is 14.3. The predicted octanol–water partition coefficient (Wildman–Crippen LogP) is 3.21. The number of nitrogens with zero attached hydrogens (tertiary/aromatic N) is 6. The fourth-order valence-electron chi connectivity index (χ4n) is 4.20. The molecule has 0 aliphatic carbocycles. The molecule has 1 atom stereocenters. The largest absolute Gasteiger partial charge is 0.494 e. The molecule has 1 aliphatic heterocycles. The Balaban J connectivity index is 1.68. The molecule has 11 nitrogen and oxygen atoms in total. The highest BCUT2D eigenvalue weighted by Gasteiger charge is 2.33. The number of para-hydroxylation sites is 2. The van der Waals surface area contributed by atoms with Crippen LogP contribution in [0.2, 0.25) is 0 Å².